The van der Waals surface area contributed by atoms with E-state index in [0.717, 1.165) is 16.5 Å². The lowest BCUT2D eigenvalue weighted by atomic mass is 9.98. The van der Waals surface area contributed by atoms with E-state index in [4.69, 9.17) is 4.74 Å². The lowest BCUT2D eigenvalue weighted by molar-refractivity contribution is 0.0270. The van der Waals surface area contributed by atoms with Crippen LogP contribution in [-0.4, -0.2) is 39.2 Å². The molecule has 2 heterocycles. The Labute approximate surface area is 160 Å². The monoisotopic (exact) mass is 475 g/mol. The highest BCUT2D eigenvalue weighted by atomic mass is 127. The van der Waals surface area contributed by atoms with Gasteiger partial charge in [0.05, 0.1) is 18.1 Å². The number of nitrogens with zero attached hydrogens (tertiary/aromatic N) is 3. The molecule has 0 saturated carbocycles. The molecule has 1 aliphatic heterocycles. The molecule has 0 radical (unpaired) electrons. The third-order valence-electron chi connectivity index (χ3n) is 3.94. The van der Waals surface area contributed by atoms with Crippen LogP contribution in [0.3, 0.4) is 0 Å². The van der Waals surface area contributed by atoms with E-state index >= 15 is 0 Å². The van der Waals surface area contributed by atoms with Crippen LogP contribution < -0.4 is 0 Å². The van der Waals surface area contributed by atoms with Gasteiger partial charge in [0, 0.05) is 24.0 Å². The molecule has 1 aromatic carbocycles. The highest BCUT2D eigenvalue weighted by Crippen LogP contribution is 2.33. The molecule has 1 aromatic heterocycles. The van der Waals surface area contributed by atoms with Crippen molar-refractivity contribution in [1.82, 2.24) is 14.5 Å². The molecule has 8 heteroatoms. The first-order valence-electron chi connectivity index (χ1n) is 8.00. The van der Waals surface area contributed by atoms with Crippen LogP contribution >= 0.6 is 28.4 Å². The topological polar surface area (TPSA) is 47.4 Å². The van der Waals surface area contributed by atoms with Crippen LogP contribution in [0.25, 0.3) is 16.5 Å². The number of rotatable bonds is 2. The van der Waals surface area contributed by atoms with E-state index in [1.807, 2.05) is 37.4 Å². The average Bonchev–Trinajstić information content (AvgIpc) is 2.94. The van der Waals surface area contributed by atoms with Crippen LogP contribution in [0, 0.1) is 5.82 Å². The first kappa shape index (κ1) is 18.6. The van der Waals surface area contributed by atoms with Crippen molar-refractivity contribution in [1.29, 1.82) is 0 Å². The third kappa shape index (κ3) is 4.14. The highest BCUT2D eigenvalue weighted by Gasteiger charge is 2.24. The van der Waals surface area contributed by atoms with Gasteiger partial charge in [-0.25, -0.2) is 13.6 Å². The first-order valence-corrected chi connectivity index (χ1v) is 12.1. The zero-order chi connectivity index (χ0) is 18.2. The van der Waals surface area contributed by atoms with E-state index in [9.17, 15) is 9.18 Å². The second-order valence-corrected chi connectivity index (χ2v) is 8.98. The number of carbonyl (C=O) groups excluding carboxylic acids is 1. The van der Waals surface area contributed by atoms with Gasteiger partial charge in [0.25, 0.3) is 0 Å². The third-order valence-corrected chi connectivity index (χ3v) is 5.83. The SMILES string of the molecule is CC(C)(C)OC(=O)N1CC=C(c2cc3c(cnn3PI)cc2F)CC1. The number of benzene rings is 1. The first-order chi connectivity index (χ1) is 11.8. The Kier molecular flexibility index (Phi) is 5.34. The summed E-state index contributed by atoms with van der Waals surface area (Å²) >= 11 is 2.26. The summed E-state index contributed by atoms with van der Waals surface area (Å²) in [4.78, 5) is 13.8. The number of amides is 1. The van der Waals surface area contributed by atoms with E-state index in [1.165, 1.54) is 6.07 Å². The molecule has 0 saturated heterocycles. The molecule has 0 fully saturated rings. The second kappa shape index (κ2) is 7.19. The molecule has 2 aromatic rings. The second-order valence-electron chi connectivity index (χ2n) is 6.94. The van der Waals surface area contributed by atoms with Gasteiger partial charge in [0.1, 0.15) is 11.4 Å². The van der Waals surface area contributed by atoms with Crippen molar-refractivity contribution in [2.45, 2.75) is 32.8 Å². The minimum absolute atomic E-state index is 0.249. The summed E-state index contributed by atoms with van der Waals surface area (Å²) in [5.41, 5.74) is 1.92. The minimum atomic E-state index is -0.517. The van der Waals surface area contributed by atoms with Crippen molar-refractivity contribution in [3.05, 3.63) is 35.8 Å². The van der Waals surface area contributed by atoms with E-state index in [-0.39, 0.29) is 11.9 Å². The van der Waals surface area contributed by atoms with E-state index in [2.05, 4.69) is 27.1 Å². The van der Waals surface area contributed by atoms with Gasteiger partial charge in [-0.05, 0) is 66.9 Å². The van der Waals surface area contributed by atoms with Crippen molar-refractivity contribution in [2.75, 3.05) is 13.1 Å². The highest BCUT2D eigenvalue weighted by molar-refractivity contribution is 14.2. The number of aromatic nitrogens is 2. The maximum Gasteiger partial charge on any atom is 0.410 e. The van der Waals surface area contributed by atoms with E-state index in [0.29, 0.717) is 31.4 Å². The molecule has 0 N–H and O–H groups in total. The van der Waals surface area contributed by atoms with E-state index < -0.39 is 5.60 Å². The summed E-state index contributed by atoms with van der Waals surface area (Å²) in [6, 6.07) is 3.39. The smallest absolute Gasteiger partial charge is 0.410 e. The predicted molar refractivity (Wildman–Crippen MR) is 108 cm³/mol. The lowest BCUT2D eigenvalue weighted by Crippen LogP contribution is -2.39. The maximum absolute atomic E-state index is 14.5. The molecular formula is C17H20FIN3O2P. The number of ether oxygens (including phenoxy) is 1. The average molecular weight is 475 g/mol. The van der Waals surface area contributed by atoms with Crippen molar-refractivity contribution in [2.24, 2.45) is 0 Å². The van der Waals surface area contributed by atoms with Crippen molar-refractivity contribution in [3.8, 4) is 0 Å². The molecule has 134 valence electrons. The summed E-state index contributed by atoms with van der Waals surface area (Å²) in [7, 11) is 0. The maximum atomic E-state index is 14.5. The molecule has 25 heavy (non-hydrogen) atoms. The Morgan fingerprint density at radius 1 is 1.40 bits per heavy atom. The van der Waals surface area contributed by atoms with Crippen molar-refractivity contribution >= 4 is 51.0 Å². The van der Waals surface area contributed by atoms with Gasteiger partial charge < -0.3 is 9.64 Å². The van der Waals surface area contributed by atoms with Crippen LogP contribution in [0.1, 0.15) is 32.8 Å². The molecule has 0 aliphatic carbocycles. The molecule has 1 unspecified atom stereocenters. The van der Waals surface area contributed by atoms with Gasteiger partial charge in [0.2, 0.25) is 0 Å². The molecule has 5 nitrogen and oxygen atoms in total. The summed E-state index contributed by atoms with van der Waals surface area (Å²) in [6.07, 6.45) is 4.33. The Balaban J connectivity index is 1.83. The molecule has 0 spiro atoms. The summed E-state index contributed by atoms with van der Waals surface area (Å²) < 4.78 is 21.8. The standard InChI is InChI=1S/C17H20FIN3O2P/c1-17(2,3)24-16(23)21-6-4-11(5-7-21)13-9-15-12(8-14(13)18)10-20-22(15)25-19/h4,8-10,25H,5-7H2,1-3H3. The molecule has 1 amide bonds. The van der Waals surface area contributed by atoms with Gasteiger partial charge in [-0.3, -0.25) is 0 Å². The van der Waals surface area contributed by atoms with Crippen LogP contribution in [0.15, 0.2) is 24.4 Å². The number of fused-ring (bicyclic) bond motifs is 1. The Bertz CT molecular complexity index is 844. The fourth-order valence-electron chi connectivity index (χ4n) is 2.77. The fraction of sp³-hybridized carbons (Fsp3) is 0.412. The zero-order valence-electron chi connectivity index (χ0n) is 14.3. The molecule has 0 bridgehead atoms. The van der Waals surface area contributed by atoms with Crippen molar-refractivity contribution < 1.29 is 13.9 Å². The largest absolute Gasteiger partial charge is 0.444 e. The molecule has 1 aliphatic rings. The number of hydrogen-bond acceptors (Lipinski definition) is 3. The molecule has 3 rings (SSSR count). The lowest BCUT2D eigenvalue weighted by Gasteiger charge is -2.29. The Hall–Kier alpha value is -1.21. The number of halogens is 2. The zero-order valence-corrected chi connectivity index (χ0v) is 17.5. The van der Waals surface area contributed by atoms with Gasteiger partial charge in [-0.1, -0.05) is 6.08 Å². The van der Waals surface area contributed by atoms with Crippen molar-refractivity contribution in [3.63, 3.8) is 0 Å². The molecular weight excluding hydrogens is 455 g/mol. The van der Waals surface area contributed by atoms with Gasteiger partial charge >= 0.3 is 6.09 Å². The molecule has 1 atom stereocenters. The van der Waals surface area contributed by atoms with Crippen LogP contribution in [0.5, 0.6) is 0 Å². The van der Waals surface area contributed by atoms with Crippen LogP contribution in [0.2, 0.25) is 0 Å². The van der Waals surface area contributed by atoms with E-state index in [1.54, 1.807) is 11.1 Å². The summed E-state index contributed by atoms with van der Waals surface area (Å²) in [6.45, 7) is 6.48. The summed E-state index contributed by atoms with van der Waals surface area (Å²) in [5, 5.41) is 5.08. The summed E-state index contributed by atoms with van der Waals surface area (Å²) in [5.74, 6) is -0.249. The number of hydrogen-bond donors (Lipinski definition) is 0. The van der Waals surface area contributed by atoms with Crippen LogP contribution in [-0.2, 0) is 4.74 Å². The number of carbonyl (C=O) groups is 1. The normalized spacial score (nSPS) is 15.9. The van der Waals surface area contributed by atoms with Gasteiger partial charge in [0.15, 0.2) is 0 Å². The van der Waals surface area contributed by atoms with Gasteiger partial charge in [-0.15, -0.1) is 0 Å². The minimum Gasteiger partial charge on any atom is -0.444 e. The quantitative estimate of drug-likeness (QED) is 0.454. The van der Waals surface area contributed by atoms with Gasteiger partial charge in [-0.2, -0.15) is 5.10 Å². The van der Waals surface area contributed by atoms with Crippen LogP contribution in [0.4, 0.5) is 9.18 Å². The fourth-order valence-corrected chi connectivity index (χ4v) is 4.31. The Morgan fingerprint density at radius 2 is 2.16 bits per heavy atom. The predicted octanol–water partition coefficient (Wildman–Crippen LogP) is 4.99. The Morgan fingerprint density at radius 3 is 2.76 bits per heavy atom.